The second-order valence-corrected chi connectivity index (χ2v) is 6.17. The predicted molar refractivity (Wildman–Crippen MR) is 70.2 cm³/mol. The lowest BCUT2D eigenvalue weighted by Crippen LogP contribution is -2.37. The zero-order valence-electron chi connectivity index (χ0n) is 10.6. The first-order valence-electron chi connectivity index (χ1n) is 5.77. The maximum atomic E-state index is 12.4. The van der Waals surface area contributed by atoms with Gasteiger partial charge in [-0.1, -0.05) is 13.0 Å². The molecule has 0 heterocycles. The smallest absolute Gasteiger partial charge is 0.243 e. The third-order valence-corrected chi connectivity index (χ3v) is 4.56. The fourth-order valence-corrected chi connectivity index (χ4v) is 3.47. The highest BCUT2D eigenvalue weighted by molar-refractivity contribution is 7.89. The van der Waals surface area contributed by atoms with Crippen LogP contribution >= 0.6 is 0 Å². The van der Waals surface area contributed by atoms with E-state index in [1.807, 2.05) is 20.8 Å². The van der Waals surface area contributed by atoms with E-state index in [2.05, 4.69) is 0 Å². The molecule has 0 aliphatic carbocycles. The van der Waals surface area contributed by atoms with Gasteiger partial charge in [0.05, 0.1) is 4.90 Å². The van der Waals surface area contributed by atoms with Crippen LogP contribution in [0.4, 0.5) is 5.69 Å². The maximum absolute atomic E-state index is 12.4. The summed E-state index contributed by atoms with van der Waals surface area (Å²) in [6, 6.07) is 6.36. The molecule has 2 N–H and O–H groups in total. The molecule has 0 radical (unpaired) electrons. The molecule has 1 aromatic carbocycles. The first-order chi connectivity index (χ1) is 7.89. The summed E-state index contributed by atoms with van der Waals surface area (Å²) in [4.78, 5) is 0.264. The summed E-state index contributed by atoms with van der Waals surface area (Å²) >= 11 is 0. The summed E-state index contributed by atoms with van der Waals surface area (Å²) < 4.78 is 26.3. The minimum atomic E-state index is -3.43. The van der Waals surface area contributed by atoms with Crippen molar-refractivity contribution in [3.8, 4) is 0 Å². The second kappa shape index (κ2) is 5.51. The van der Waals surface area contributed by atoms with Crippen molar-refractivity contribution in [3.63, 3.8) is 0 Å². The Bertz CT molecular complexity index is 469. The van der Waals surface area contributed by atoms with Gasteiger partial charge in [0.15, 0.2) is 0 Å². The van der Waals surface area contributed by atoms with Crippen LogP contribution in [0.1, 0.15) is 27.2 Å². The van der Waals surface area contributed by atoms with E-state index in [0.717, 1.165) is 6.42 Å². The molecule has 0 saturated heterocycles. The van der Waals surface area contributed by atoms with Gasteiger partial charge in [0.25, 0.3) is 0 Å². The van der Waals surface area contributed by atoms with E-state index in [9.17, 15) is 8.42 Å². The molecule has 0 aliphatic heterocycles. The molecule has 0 unspecified atom stereocenters. The van der Waals surface area contributed by atoms with Crippen LogP contribution in [0.2, 0.25) is 0 Å². The minimum absolute atomic E-state index is 0.0543. The SMILES string of the molecule is CCCN(C(C)C)S(=O)(=O)c1cccc(N)c1. The number of sulfonamides is 1. The fraction of sp³-hybridized carbons (Fsp3) is 0.500. The molecule has 96 valence electrons. The van der Waals surface area contributed by atoms with Gasteiger partial charge in [0.1, 0.15) is 0 Å². The highest BCUT2D eigenvalue weighted by atomic mass is 32.2. The molecule has 1 rings (SSSR count). The fourth-order valence-electron chi connectivity index (χ4n) is 1.69. The van der Waals surface area contributed by atoms with Gasteiger partial charge in [-0.15, -0.1) is 0 Å². The van der Waals surface area contributed by atoms with Crippen molar-refractivity contribution in [1.29, 1.82) is 0 Å². The summed E-state index contributed by atoms with van der Waals surface area (Å²) in [5.41, 5.74) is 6.09. The van der Waals surface area contributed by atoms with E-state index < -0.39 is 10.0 Å². The largest absolute Gasteiger partial charge is 0.399 e. The number of anilines is 1. The lowest BCUT2D eigenvalue weighted by Gasteiger charge is -2.25. The third-order valence-electron chi connectivity index (χ3n) is 2.48. The number of benzene rings is 1. The summed E-state index contributed by atoms with van der Waals surface area (Å²) in [7, 11) is -3.43. The van der Waals surface area contributed by atoms with Crippen LogP contribution in [0, 0.1) is 0 Å². The van der Waals surface area contributed by atoms with Crippen molar-refractivity contribution >= 4 is 15.7 Å². The van der Waals surface area contributed by atoms with Crippen LogP contribution in [-0.2, 0) is 10.0 Å². The quantitative estimate of drug-likeness (QED) is 0.820. The molecule has 0 atom stereocenters. The average molecular weight is 256 g/mol. The number of nitrogens with two attached hydrogens (primary N) is 1. The topological polar surface area (TPSA) is 63.4 Å². The summed E-state index contributed by atoms with van der Waals surface area (Å²) in [6.07, 6.45) is 0.791. The Kier molecular flexibility index (Phi) is 4.54. The monoisotopic (exact) mass is 256 g/mol. The minimum Gasteiger partial charge on any atom is -0.399 e. The Hall–Kier alpha value is -1.07. The summed E-state index contributed by atoms with van der Waals surface area (Å²) in [6.45, 7) is 6.23. The molecule has 1 aromatic rings. The van der Waals surface area contributed by atoms with Crippen LogP contribution in [0.15, 0.2) is 29.2 Å². The molecule has 0 saturated carbocycles. The van der Waals surface area contributed by atoms with Crippen LogP contribution in [-0.4, -0.2) is 25.3 Å². The highest BCUT2D eigenvalue weighted by Crippen LogP contribution is 2.20. The number of hydrogen-bond donors (Lipinski definition) is 1. The molecule has 4 nitrogen and oxygen atoms in total. The Labute approximate surface area is 103 Å². The van der Waals surface area contributed by atoms with Crippen molar-refractivity contribution < 1.29 is 8.42 Å². The zero-order chi connectivity index (χ0) is 13.1. The van der Waals surface area contributed by atoms with E-state index in [1.165, 1.54) is 10.4 Å². The Morgan fingerprint density at radius 1 is 1.35 bits per heavy atom. The van der Waals surface area contributed by atoms with Gasteiger partial charge in [-0.05, 0) is 38.5 Å². The predicted octanol–water partition coefficient (Wildman–Crippen LogP) is 2.08. The lowest BCUT2D eigenvalue weighted by molar-refractivity contribution is 0.354. The first kappa shape index (κ1) is 14.0. The Balaban J connectivity index is 3.16. The van der Waals surface area contributed by atoms with Gasteiger partial charge >= 0.3 is 0 Å². The van der Waals surface area contributed by atoms with E-state index in [1.54, 1.807) is 18.2 Å². The standard InChI is InChI=1S/C12H20N2O2S/c1-4-8-14(10(2)3)17(15,16)12-7-5-6-11(13)9-12/h5-7,9-10H,4,8,13H2,1-3H3. The highest BCUT2D eigenvalue weighted by Gasteiger charge is 2.26. The molecule has 0 amide bonds. The number of nitrogen functional groups attached to an aromatic ring is 1. The lowest BCUT2D eigenvalue weighted by atomic mass is 10.3. The van der Waals surface area contributed by atoms with Crippen molar-refractivity contribution in [1.82, 2.24) is 4.31 Å². The first-order valence-corrected chi connectivity index (χ1v) is 7.21. The average Bonchev–Trinajstić information content (AvgIpc) is 2.25. The molecular weight excluding hydrogens is 236 g/mol. The van der Waals surface area contributed by atoms with Gasteiger partial charge in [0, 0.05) is 18.3 Å². The number of rotatable bonds is 5. The van der Waals surface area contributed by atoms with Gasteiger partial charge in [0.2, 0.25) is 10.0 Å². The van der Waals surface area contributed by atoms with Crippen molar-refractivity contribution in [3.05, 3.63) is 24.3 Å². The van der Waals surface area contributed by atoms with Crippen LogP contribution < -0.4 is 5.73 Å². The molecule has 17 heavy (non-hydrogen) atoms. The second-order valence-electron chi connectivity index (χ2n) is 4.28. The van der Waals surface area contributed by atoms with E-state index in [4.69, 9.17) is 5.73 Å². The van der Waals surface area contributed by atoms with Crippen molar-refractivity contribution in [2.45, 2.75) is 38.1 Å². The molecule has 0 bridgehead atoms. The summed E-state index contributed by atoms with van der Waals surface area (Å²) in [5.74, 6) is 0. The van der Waals surface area contributed by atoms with Gasteiger partial charge in [-0.3, -0.25) is 0 Å². The Morgan fingerprint density at radius 3 is 2.47 bits per heavy atom. The van der Waals surface area contributed by atoms with Crippen LogP contribution in [0.3, 0.4) is 0 Å². The summed E-state index contributed by atoms with van der Waals surface area (Å²) in [5, 5.41) is 0. The zero-order valence-corrected chi connectivity index (χ0v) is 11.4. The molecular formula is C12H20N2O2S. The van der Waals surface area contributed by atoms with E-state index >= 15 is 0 Å². The van der Waals surface area contributed by atoms with Gasteiger partial charge in [-0.25, -0.2) is 8.42 Å². The van der Waals surface area contributed by atoms with Gasteiger partial charge < -0.3 is 5.73 Å². The number of nitrogens with zero attached hydrogens (tertiary/aromatic N) is 1. The van der Waals surface area contributed by atoms with E-state index in [0.29, 0.717) is 12.2 Å². The van der Waals surface area contributed by atoms with Crippen molar-refractivity contribution in [2.24, 2.45) is 0 Å². The van der Waals surface area contributed by atoms with Crippen LogP contribution in [0.5, 0.6) is 0 Å². The Morgan fingerprint density at radius 2 is 2.00 bits per heavy atom. The normalized spacial score (nSPS) is 12.3. The molecule has 0 aromatic heterocycles. The van der Waals surface area contributed by atoms with Crippen molar-refractivity contribution in [2.75, 3.05) is 12.3 Å². The maximum Gasteiger partial charge on any atom is 0.243 e. The number of hydrogen-bond acceptors (Lipinski definition) is 3. The molecule has 0 fully saturated rings. The molecule has 0 aliphatic rings. The van der Waals surface area contributed by atoms with E-state index in [-0.39, 0.29) is 10.9 Å². The molecule has 5 heteroatoms. The third kappa shape index (κ3) is 3.20. The van der Waals surface area contributed by atoms with Gasteiger partial charge in [-0.2, -0.15) is 4.31 Å². The van der Waals surface area contributed by atoms with Crippen LogP contribution in [0.25, 0.3) is 0 Å². The molecule has 0 spiro atoms.